The van der Waals surface area contributed by atoms with Crippen LogP contribution in [0.3, 0.4) is 0 Å². The third-order valence-electron chi connectivity index (χ3n) is 2.25. The van der Waals surface area contributed by atoms with Crippen molar-refractivity contribution in [2.45, 2.75) is 11.9 Å². The van der Waals surface area contributed by atoms with Crippen LogP contribution in [0.2, 0.25) is 0 Å². The van der Waals surface area contributed by atoms with E-state index in [2.05, 4.69) is 10.2 Å². The van der Waals surface area contributed by atoms with Crippen molar-refractivity contribution in [3.05, 3.63) is 12.3 Å². The molecule has 1 heterocycles. The van der Waals surface area contributed by atoms with E-state index < -0.39 is 16.0 Å². The van der Waals surface area contributed by atoms with Gasteiger partial charge in [-0.3, -0.25) is 9.89 Å². The summed E-state index contributed by atoms with van der Waals surface area (Å²) in [6, 6.07) is 1.32. The van der Waals surface area contributed by atoms with Crippen LogP contribution in [0.5, 0.6) is 0 Å². The number of aromatic nitrogens is 2. The molecule has 19 heavy (non-hydrogen) atoms. The van der Waals surface area contributed by atoms with E-state index in [4.69, 9.17) is 9.47 Å². The van der Waals surface area contributed by atoms with Crippen LogP contribution < -0.4 is 0 Å². The minimum absolute atomic E-state index is 0.0522. The number of methoxy groups -OCH3 is 1. The van der Waals surface area contributed by atoms with Gasteiger partial charge in [-0.2, -0.15) is 9.40 Å². The number of nitrogens with one attached hydrogen (secondary N) is 1. The van der Waals surface area contributed by atoms with Gasteiger partial charge in [0, 0.05) is 13.7 Å². The van der Waals surface area contributed by atoms with Gasteiger partial charge in [-0.1, -0.05) is 0 Å². The molecular weight excluding hydrogens is 274 g/mol. The van der Waals surface area contributed by atoms with Gasteiger partial charge in [0.05, 0.1) is 19.4 Å². The predicted molar refractivity (Wildman–Crippen MR) is 65.9 cm³/mol. The highest BCUT2D eigenvalue weighted by atomic mass is 32.2. The van der Waals surface area contributed by atoms with Gasteiger partial charge in [0.2, 0.25) is 0 Å². The molecule has 0 aliphatic carbocycles. The maximum Gasteiger partial charge on any atom is 0.321 e. The average Bonchev–Trinajstić information content (AvgIpc) is 2.89. The van der Waals surface area contributed by atoms with Crippen LogP contribution in [-0.2, 0) is 24.3 Å². The fourth-order valence-electron chi connectivity index (χ4n) is 1.35. The molecule has 0 saturated heterocycles. The van der Waals surface area contributed by atoms with Crippen molar-refractivity contribution in [2.75, 3.05) is 33.4 Å². The zero-order valence-electron chi connectivity index (χ0n) is 10.8. The molecule has 1 aromatic rings. The number of esters is 1. The molecule has 108 valence electrons. The van der Waals surface area contributed by atoms with Crippen molar-refractivity contribution >= 4 is 16.0 Å². The topological polar surface area (TPSA) is 102 Å². The number of hydrogen-bond acceptors (Lipinski definition) is 6. The minimum Gasteiger partial charge on any atom is -0.465 e. The summed E-state index contributed by atoms with van der Waals surface area (Å²) in [4.78, 5) is 11.4. The summed E-state index contributed by atoms with van der Waals surface area (Å²) < 4.78 is 35.0. The zero-order chi connectivity index (χ0) is 14.3. The first-order valence-corrected chi connectivity index (χ1v) is 7.10. The number of aromatic amines is 1. The van der Waals surface area contributed by atoms with Gasteiger partial charge >= 0.3 is 5.97 Å². The van der Waals surface area contributed by atoms with Crippen LogP contribution >= 0.6 is 0 Å². The quantitative estimate of drug-likeness (QED) is 0.654. The molecule has 0 fully saturated rings. The third-order valence-corrected chi connectivity index (χ3v) is 4.02. The lowest BCUT2D eigenvalue weighted by molar-refractivity contribution is -0.143. The standard InChI is InChI=1S/C10H17N3O5S/c1-3-18-10(14)8-13(6-7-17-2)19(15,16)9-4-5-11-12-9/h4-5H,3,6-8H2,1-2H3,(H,11,12). The Labute approximate surface area is 111 Å². The predicted octanol–water partition coefficient (Wildman–Crippen LogP) is -0.390. The van der Waals surface area contributed by atoms with Crippen LogP contribution in [0.1, 0.15) is 6.92 Å². The summed E-state index contributed by atoms with van der Waals surface area (Å²) in [5.74, 6) is -0.610. The Morgan fingerprint density at radius 2 is 2.26 bits per heavy atom. The van der Waals surface area contributed by atoms with E-state index in [9.17, 15) is 13.2 Å². The first kappa shape index (κ1) is 15.6. The number of rotatable bonds is 8. The van der Waals surface area contributed by atoms with Gasteiger partial charge in [0.15, 0.2) is 5.03 Å². The highest BCUT2D eigenvalue weighted by Gasteiger charge is 2.27. The Bertz CT molecular complexity index is 485. The fraction of sp³-hybridized carbons (Fsp3) is 0.600. The van der Waals surface area contributed by atoms with Gasteiger partial charge in [-0.05, 0) is 13.0 Å². The Kier molecular flexibility index (Phi) is 5.93. The van der Waals surface area contributed by atoms with Crippen LogP contribution in [-0.4, -0.2) is 62.3 Å². The molecule has 0 aliphatic rings. The average molecular weight is 291 g/mol. The summed E-state index contributed by atoms with van der Waals surface area (Å²) in [5.41, 5.74) is 0. The maximum atomic E-state index is 12.2. The van der Waals surface area contributed by atoms with Crippen molar-refractivity contribution in [3.63, 3.8) is 0 Å². The summed E-state index contributed by atoms with van der Waals surface area (Å²) in [6.07, 6.45) is 1.33. The van der Waals surface area contributed by atoms with Gasteiger partial charge < -0.3 is 9.47 Å². The molecule has 0 amide bonds. The van der Waals surface area contributed by atoms with Crippen molar-refractivity contribution in [3.8, 4) is 0 Å². The largest absolute Gasteiger partial charge is 0.465 e. The van der Waals surface area contributed by atoms with Crippen LogP contribution in [0.15, 0.2) is 17.3 Å². The van der Waals surface area contributed by atoms with Crippen molar-refractivity contribution in [1.82, 2.24) is 14.5 Å². The maximum absolute atomic E-state index is 12.2. The number of ether oxygens (including phenoxy) is 2. The first-order valence-electron chi connectivity index (χ1n) is 5.66. The zero-order valence-corrected chi connectivity index (χ0v) is 11.6. The lowest BCUT2D eigenvalue weighted by atomic mass is 10.6. The summed E-state index contributed by atoms with van der Waals surface area (Å²) in [7, 11) is -2.36. The molecule has 8 nitrogen and oxygen atoms in total. The van der Waals surface area contributed by atoms with E-state index in [1.54, 1.807) is 6.92 Å². The van der Waals surface area contributed by atoms with Crippen molar-refractivity contribution in [2.24, 2.45) is 0 Å². The van der Waals surface area contributed by atoms with Crippen LogP contribution in [0.4, 0.5) is 0 Å². The number of carbonyl (C=O) groups is 1. The molecule has 0 atom stereocenters. The van der Waals surface area contributed by atoms with E-state index >= 15 is 0 Å². The van der Waals surface area contributed by atoms with Crippen molar-refractivity contribution < 1.29 is 22.7 Å². The highest BCUT2D eigenvalue weighted by molar-refractivity contribution is 7.89. The van der Waals surface area contributed by atoms with Gasteiger partial charge in [0.1, 0.15) is 6.54 Å². The lowest BCUT2D eigenvalue weighted by Gasteiger charge is -2.19. The van der Waals surface area contributed by atoms with Crippen LogP contribution in [0, 0.1) is 0 Å². The Hall–Kier alpha value is -1.45. The second kappa shape index (κ2) is 7.22. The molecule has 0 spiro atoms. The minimum atomic E-state index is -3.81. The molecule has 0 bridgehead atoms. The summed E-state index contributed by atoms with van der Waals surface area (Å²) >= 11 is 0. The molecule has 0 aromatic carbocycles. The molecule has 9 heteroatoms. The molecule has 1 N–H and O–H groups in total. The van der Waals surface area contributed by atoms with Gasteiger partial charge in [-0.15, -0.1) is 0 Å². The fourth-order valence-corrected chi connectivity index (χ4v) is 2.62. The number of carbonyl (C=O) groups excluding carboxylic acids is 1. The second-order valence-corrected chi connectivity index (χ2v) is 5.46. The van der Waals surface area contributed by atoms with Crippen LogP contribution in [0.25, 0.3) is 0 Å². The normalized spacial score (nSPS) is 11.7. The number of hydrogen-bond donors (Lipinski definition) is 1. The summed E-state index contributed by atoms with van der Waals surface area (Å²) in [5, 5.41) is 5.88. The second-order valence-electron chi connectivity index (χ2n) is 3.56. The molecule has 1 rings (SSSR count). The molecule has 1 aromatic heterocycles. The monoisotopic (exact) mass is 291 g/mol. The Balaban J connectivity index is 2.87. The molecular formula is C10H17N3O5S. The van der Waals surface area contributed by atoms with E-state index in [1.165, 1.54) is 19.4 Å². The molecule has 0 aliphatic heterocycles. The van der Waals surface area contributed by atoms with E-state index in [-0.39, 0.29) is 31.3 Å². The SMILES string of the molecule is CCOC(=O)CN(CCOC)S(=O)(=O)c1ccn[nH]1. The van der Waals surface area contributed by atoms with Gasteiger partial charge in [-0.25, -0.2) is 8.42 Å². The summed E-state index contributed by atoms with van der Waals surface area (Å²) in [6.45, 7) is 1.71. The lowest BCUT2D eigenvalue weighted by Crippen LogP contribution is -2.38. The number of sulfonamides is 1. The highest BCUT2D eigenvalue weighted by Crippen LogP contribution is 2.12. The van der Waals surface area contributed by atoms with Gasteiger partial charge in [0.25, 0.3) is 10.0 Å². The molecule has 0 radical (unpaired) electrons. The van der Waals surface area contributed by atoms with E-state index in [0.717, 1.165) is 4.31 Å². The molecule has 0 saturated carbocycles. The first-order chi connectivity index (χ1) is 9.02. The third kappa shape index (κ3) is 4.30. The Morgan fingerprint density at radius 3 is 2.79 bits per heavy atom. The van der Waals surface area contributed by atoms with E-state index in [1.807, 2.05) is 0 Å². The molecule has 0 unspecified atom stereocenters. The van der Waals surface area contributed by atoms with Crippen molar-refractivity contribution in [1.29, 1.82) is 0 Å². The Morgan fingerprint density at radius 1 is 1.53 bits per heavy atom. The number of H-pyrrole nitrogens is 1. The number of nitrogens with zero attached hydrogens (tertiary/aromatic N) is 2. The smallest absolute Gasteiger partial charge is 0.321 e. The van der Waals surface area contributed by atoms with E-state index in [0.29, 0.717) is 0 Å².